The molecule has 0 aliphatic heterocycles. The van der Waals surface area contributed by atoms with Crippen LogP contribution in [-0.4, -0.2) is 28.9 Å². The average molecular weight is 495 g/mol. The van der Waals surface area contributed by atoms with Gasteiger partial charge in [-0.2, -0.15) is 0 Å². The van der Waals surface area contributed by atoms with Gasteiger partial charge in [-0.05, 0) is 104 Å². The molecule has 0 aromatic heterocycles. The Kier molecular flexibility index (Phi) is 6.89. The van der Waals surface area contributed by atoms with Crippen LogP contribution in [0.15, 0.2) is 11.6 Å². The third-order valence-corrected chi connectivity index (χ3v) is 13.2. The van der Waals surface area contributed by atoms with Crippen molar-refractivity contribution in [1.82, 2.24) is 0 Å². The van der Waals surface area contributed by atoms with Crippen molar-refractivity contribution in [3.63, 3.8) is 0 Å². The first-order valence-corrected chi connectivity index (χ1v) is 13.9. The van der Waals surface area contributed by atoms with Gasteiger partial charge in [0, 0.05) is 16.8 Å². The molecule has 5 rings (SSSR count). The first-order valence-electron chi connectivity index (χ1n) is 13.9. The number of carbonyl (C=O) groups is 1. The van der Waals surface area contributed by atoms with E-state index in [1.165, 1.54) is 5.57 Å². The number of carboxylic acid groups (broad SMARTS) is 1. The van der Waals surface area contributed by atoms with Gasteiger partial charge in [-0.25, -0.2) is 0 Å². The number of hydrogen-bond donors (Lipinski definition) is 2. The Morgan fingerprint density at radius 1 is 0.971 bits per heavy atom. The normalized spacial score (nSPS) is 52.5. The molecule has 5 heteroatoms. The molecule has 0 radical (unpaired) electrons. The molecule has 0 bridgehead atoms. The van der Waals surface area contributed by atoms with Gasteiger partial charge in [-0.15, -0.1) is 0 Å². The zero-order valence-corrected chi connectivity index (χ0v) is 25.4. The second-order valence-corrected chi connectivity index (χ2v) is 14.9. The minimum atomic E-state index is -0.820. The molecule has 4 saturated carbocycles. The van der Waals surface area contributed by atoms with Crippen LogP contribution in [0.5, 0.6) is 0 Å². The molecule has 0 heterocycles. The summed E-state index contributed by atoms with van der Waals surface area (Å²) in [6, 6.07) is 0. The van der Waals surface area contributed by atoms with Gasteiger partial charge in [0.05, 0.1) is 12.7 Å². The van der Waals surface area contributed by atoms with Crippen molar-refractivity contribution < 1.29 is 49.7 Å². The first kappa shape index (κ1) is 28.1. The topological polar surface area (TPSA) is 80.6 Å². The maximum Gasteiger partial charge on any atom is 1.00 e. The standard InChI is InChI=1S/C30H48O4.Na/c1-25(2)13-15-30(24(33)34)16-14-28(5)19(20(30)17-25)7-8-22-26(3)11-10-23(32)27(4,18-31)21(26)9-12-29(22,28)6;/h7,20-23,31-32H,8-18H2,1-6H3,(H,33,34);/q;+1/p-1/t20-,21?,22?,23+,26+,27?,28-,29-,30+;/m1./s1. The molecule has 0 spiro atoms. The monoisotopic (exact) mass is 494 g/mol. The zero-order chi connectivity index (χ0) is 24.9. The fraction of sp³-hybridized carbons (Fsp3) is 0.900. The fourth-order valence-corrected chi connectivity index (χ4v) is 10.6. The molecular formula is C30H47NaO4. The number of fused-ring (bicyclic) bond motifs is 7. The summed E-state index contributed by atoms with van der Waals surface area (Å²) in [6.07, 6.45) is 11.2. The summed E-state index contributed by atoms with van der Waals surface area (Å²) in [4.78, 5) is 12.7. The summed E-state index contributed by atoms with van der Waals surface area (Å²) in [5.74, 6) is 0.0564. The van der Waals surface area contributed by atoms with Crippen LogP contribution in [0.4, 0.5) is 0 Å². The van der Waals surface area contributed by atoms with Crippen molar-refractivity contribution in [2.24, 2.45) is 50.2 Å². The van der Waals surface area contributed by atoms with Gasteiger partial charge in [0.15, 0.2) is 0 Å². The number of aliphatic hydroxyl groups is 2. The molecule has 0 saturated heterocycles. The van der Waals surface area contributed by atoms with Crippen molar-refractivity contribution >= 4 is 5.97 Å². The molecule has 4 fully saturated rings. The van der Waals surface area contributed by atoms with E-state index in [4.69, 9.17) is 0 Å². The Bertz CT molecular complexity index is 914. The maximum absolute atomic E-state index is 12.7. The van der Waals surface area contributed by atoms with Crippen LogP contribution in [0.25, 0.3) is 0 Å². The molecule has 35 heavy (non-hydrogen) atoms. The molecule has 5 aliphatic rings. The van der Waals surface area contributed by atoms with E-state index >= 15 is 0 Å². The molecule has 4 nitrogen and oxygen atoms in total. The first-order chi connectivity index (χ1) is 15.7. The molecule has 0 aromatic carbocycles. The number of hydrogen-bond acceptors (Lipinski definition) is 4. The predicted molar refractivity (Wildman–Crippen MR) is 131 cm³/mol. The summed E-state index contributed by atoms with van der Waals surface area (Å²) in [5, 5.41) is 34.0. The Morgan fingerprint density at radius 2 is 1.63 bits per heavy atom. The fourth-order valence-electron chi connectivity index (χ4n) is 10.6. The molecule has 9 atom stereocenters. The quantitative estimate of drug-likeness (QED) is 0.454. The second-order valence-electron chi connectivity index (χ2n) is 14.9. The van der Waals surface area contributed by atoms with E-state index in [0.29, 0.717) is 11.8 Å². The van der Waals surface area contributed by atoms with E-state index in [-0.39, 0.29) is 63.7 Å². The minimum absolute atomic E-state index is 0. The van der Waals surface area contributed by atoms with Gasteiger partial charge < -0.3 is 20.1 Å². The predicted octanol–water partition coefficient (Wildman–Crippen LogP) is 1.88. The number of aliphatic hydroxyl groups excluding tert-OH is 2. The Balaban J connectivity index is 0.00000289. The second kappa shape index (κ2) is 8.57. The van der Waals surface area contributed by atoms with Crippen molar-refractivity contribution in [3.05, 3.63) is 11.6 Å². The van der Waals surface area contributed by atoms with Crippen LogP contribution in [0.2, 0.25) is 0 Å². The molecular weight excluding hydrogens is 447 g/mol. The SMILES string of the molecule is CC1(C)CC[C@]2(C(=O)[O-])CC[C@]3(C)C(=CCC4[C@@]5(C)CC[C@H](O)C(C)(CO)C5CC[C@]43C)[C@H]2C1.[Na+]. The Hall–Kier alpha value is 0.130. The summed E-state index contributed by atoms with van der Waals surface area (Å²) in [7, 11) is 0. The smallest absolute Gasteiger partial charge is 0.550 e. The summed E-state index contributed by atoms with van der Waals surface area (Å²) in [5.41, 5.74) is 0.611. The van der Waals surface area contributed by atoms with Gasteiger partial charge in [0.1, 0.15) is 0 Å². The number of carbonyl (C=O) groups excluding carboxylic acids is 1. The largest absolute Gasteiger partial charge is 1.00 e. The van der Waals surface area contributed by atoms with Gasteiger partial charge in [-0.1, -0.05) is 53.2 Å². The zero-order valence-electron chi connectivity index (χ0n) is 23.4. The number of carboxylic acids is 1. The third kappa shape index (κ3) is 3.51. The van der Waals surface area contributed by atoms with Gasteiger partial charge in [0.2, 0.25) is 0 Å². The van der Waals surface area contributed by atoms with Crippen molar-refractivity contribution in [2.75, 3.05) is 6.61 Å². The average Bonchev–Trinajstić information content (AvgIpc) is 2.76. The van der Waals surface area contributed by atoms with Crippen LogP contribution >= 0.6 is 0 Å². The third-order valence-electron chi connectivity index (χ3n) is 13.2. The molecule has 0 aromatic rings. The maximum atomic E-state index is 12.7. The van der Waals surface area contributed by atoms with Crippen LogP contribution in [-0.2, 0) is 4.79 Å². The van der Waals surface area contributed by atoms with E-state index in [2.05, 4.69) is 47.6 Å². The van der Waals surface area contributed by atoms with E-state index in [0.717, 1.165) is 64.2 Å². The molecule has 192 valence electrons. The van der Waals surface area contributed by atoms with Gasteiger partial charge in [-0.3, -0.25) is 0 Å². The number of allylic oxidation sites excluding steroid dienone is 2. The summed E-state index contributed by atoms with van der Waals surface area (Å²) < 4.78 is 0. The van der Waals surface area contributed by atoms with Crippen LogP contribution < -0.4 is 34.7 Å². The Morgan fingerprint density at radius 3 is 2.26 bits per heavy atom. The summed E-state index contributed by atoms with van der Waals surface area (Å²) >= 11 is 0. The van der Waals surface area contributed by atoms with E-state index in [1.54, 1.807) is 0 Å². The van der Waals surface area contributed by atoms with E-state index < -0.39 is 22.9 Å². The van der Waals surface area contributed by atoms with E-state index in [1.807, 2.05) is 0 Å². The molecule has 0 amide bonds. The van der Waals surface area contributed by atoms with Crippen LogP contribution in [0.1, 0.15) is 106 Å². The van der Waals surface area contributed by atoms with Crippen LogP contribution in [0, 0.1) is 50.2 Å². The minimum Gasteiger partial charge on any atom is -0.550 e. The van der Waals surface area contributed by atoms with Gasteiger partial charge in [0.25, 0.3) is 0 Å². The molecule has 3 unspecified atom stereocenters. The van der Waals surface area contributed by atoms with E-state index in [9.17, 15) is 20.1 Å². The Labute approximate surface area is 235 Å². The summed E-state index contributed by atoms with van der Waals surface area (Å²) in [6.45, 7) is 14.2. The van der Waals surface area contributed by atoms with Crippen molar-refractivity contribution in [3.8, 4) is 0 Å². The number of rotatable bonds is 2. The van der Waals surface area contributed by atoms with Gasteiger partial charge >= 0.3 is 29.6 Å². The molecule has 2 N–H and O–H groups in total. The van der Waals surface area contributed by atoms with Crippen molar-refractivity contribution in [1.29, 1.82) is 0 Å². The number of aliphatic carboxylic acids is 1. The van der Waals surface area contributed by atoms with Crippen LogP contribution in [0.3, 0.4) is 0 Å². The van der Waals surface area contributed by atoms with Crippen molar-refractivity contribution in [2.45, 2.75) is 112 Å². The molecule has 5 aliphatic carbocycles.